The molecule has 3 rings (SSSR count). The van der Waals surface area contributed by atoms with Crippen LogP contribution >= 0.6 is 23.1 Å². The van der Waals surface area contributed by atoms with E-state index in [1.165, 1.54) is 53.3 Å². The minimum absolute atomic E-state index is 0.455. The van der Waals surface area contributed by atoms with E-state index in [-0.39, 0.29) is 0 Å². The molecular formula is C13H13N3S2. The van der Waals surface area contributed by atoms with Gasteiger partial charge in [0.2, 0.25) is 0 Å². The van der Waals surface area contributed by atoms with E-state index in [1.807, 2.05) is 11.3 Å². The van der Waals surface area contributed by atoms with Gasteiger partial charge in [0.25, 0.3) is 0 Å². The molecule has 0 amide bonds. The first-order chi connectivity index (χ1) is 8.90. The van der Waals surface area contributed by atoms with Crippen molar-refractivity contribution in [3.8, 4) is 6.07 Å². The third kappa shape index (κ3) is 2.11. The molecule has 3 nitrogen and oxygen atoms in total. The van der Waals surface area contributed by atoms with Crippen LogP contribution in [0.4, 0.5) is 0 Å². The molecule has 0 saturated carbocycles. The molecule has 0 unspecified atom stereocenters. The summed E-state index contributed by atoms with van der Waals surface area (Å²) in [5.74, 6) is 0.455. The monoisotopic (exact) mass is 275 g/mol. The van der Waals surface area contributed by atoms with Crippen LogP contribution in [-0.2, 0) is 12.8 Å². The summed E-state index contributed by atoms with van der Waals surface area (Å²) in [7, 11) is 0. The predicted molar refractivity (Wildman–Crippen MR) is 75.0 cm³/mol. The second-order valence-corrected chi connectivity index (χ2v) is 6.42. The highest BCUT2D eigenvalue weighted by atomic mass is 32.2. The van der Waals surface area contributed by atoms with Crippen LogP contribution in [0.5, 0.6) is 0 Å². The summed E-state index contributed by atoms with van der Waals surface area (Å²) >= 11 is 3.34. The molecule has 5 heteroatoms. The first-order valence-electron chi connectivity index (χ1n) is 6.15. The van der Waals surface area contributed by atoms with E-state index < -0.39 is 0 Å². The molecule has 0 saturated heterocycles. The molecular weight excluding hydrogens is 262 g/mol. The highest BCUT2D eigenvalue weighted by molar-refractivity contribution is 7.99. The molecule has 0 radical (unpaired) electrons. The van der Waals surface area contributed by atoms with Crippen molar-refractivity contribution in [2.24, 2.45) is 0 Å². The van der Waals surface area contributed by atoms with Gasteiger partial charge in [-0.05, 0) is 31.2 Å². The van der Waals surface area contributed by atoms with Crippen LogP contribution in [-0.4, -0.2) is 15.7 Å². The summed E-state index contributed by atoms with van der Waals surface area (Å²) in [5, 5.41) is 10.9. The standard InChI is InChI=1S/C13H13N3S2/c14-6-7-17-12-11-9-4-2-1-3-5-10(9)18-13(11)16-8-15-12/h8H,1-5,7H2. The largest absolute Gasteiger partial charge is 0.229 e. The minimum atomic E-state index is 0.455. The Morgan fingerprint density at radius 3 is 3.06 bits per heavy atom. The second kappa shape index (κ2) is 5.25. The van der Waals surface area contributed by atoms with Crippen LogP contribution in [0, 0.1) is 11.3 Å². The lowest BCUT2D eigenvalue weighted by molar-refractivity contribution is 0.713. The molecule has 0 aliphatic heterocycles. The van der Waals surface area contributed by atoms with Gasteiger partial charge < -0.3 is 0 Å². The number of thioether (sulfide) groups is 1. The maximum atomic E-state index is 8.72. The Balaban J connectivity index is 2.13. The topological polar surface area (TPSA) is 49.6 Å². The predicted octanol–water partition coefficient (Wildman–Crippen LogP) is 3.58. The third-order valence-electron chi connectivity index (χ3n) is 3.24. The lowest BCUT2D eigenvalue weighted by Gasteiger charge is -2.02. The smallest absolute Gasteiger partial charge is 0.128 e. The quantitative estimate of drug-likeness (QED) is 0.477. The molecule has 0 aromatic carbocycles. The number of aryl methyl sites for hydroxylation is 2. The Bertz CT molecular complexity index is 612. The van der Waals surface area contributed by atoms with Gasteiger partial charge in [0.05, 0.1) is 11.8 Å². The van der Waals surface area contributed by atoms with Gasteiger partial charge in [-0.3, -0.25) is 0 Å². The molecule has 92 valence electrons. The Morgan fingerprint density at radius 1 is 1.28 bits per heavy atom. The number of aromatic nitrogens is 2. The summed E-state index contributed by atoms with van der Waals surface area (Å²) in [5.41, 5.74) is 1.45. The van der Waals surface area contributed by atoms with Gasteiger partial charge in [-0.1, -0.05) is 18.2 Å². The molecule has 0 atom stereocenters. The van der Waals surface area contributed by atoms with Crippen LogP contribution in [0.1, 0.15) is 29.7 Å². The minimum Gasteiger partial charge on any atom is -0.229 e. The van der Waals surface area contributed by atoms with Crippen LogP contribution in [0.15, 0.2) is 11.4 Å². The summed E-state index contributed by atoms with van der Waals surface area (Å²) in [6.07, 6.45) is 7.81. The number of hydrogen-bond acceptors (Lipinski definition) is 5. The maximum Gasteiger partial charge on any atom is 0.128 e. The highest BCUT2D eigenvalue weighted by Crippen LogP contribution is 2.38. The number of hydrogen-bond donors (Lipinski definition) is 0. The molecule has 2 aromatic heterocycles. The summed E-state index contributed by atoms with van der Waals surface area (Å²) in [6.45, 7) is 0. The average Bonchev–Trinajstić information content (AvgIpc) is 2.59. The van der Waals surface area contributed by atoms with Gasteiger partial charge in [-0.25, -0.2) is 9.97 Å². The van der Waals surface area contributed by atoms with Crippen molar-refractivity contribution < 1.29 is 0 Å². The molecule has 1 aliphatic rings. The lowest BCUT2D eigenvalue weighted by atomic mass is 10.1. The second-order valence-electron chi connectivity index (χ2n) is 4.37. The SMILES string of the molecule is N#CCSc1ncnc2sc3c(c12)CCCCC3. The van der Waals surface area contributed by atoms with E-state index in [1.54, 1.807) is 6.33 Å². The Morgan fingerprint density at radius 2 is 2.17 bits per heavy atom. The van der Waals surface area contributed by atoms with Crippen molar-refractivity contribution >= 4 is 33.3 Å². The van der Waals surface area contributed by atoms with E-state index in [0.717, 1.165) is 16.3 Å². The highest BCUT2D eigenvalue weighted by Gasteiger charge is 2.18. The zero-order valence-corrected chi connectivity index (χ0v) is 11.6. The van der Waals surface area contributed by atoms with E-state index in [0.29, 0.717) is 5.75 Å². The number of thiophene rings is 1. The van der Waals surface area contributed by atoms with E-state index in [4.69, 9.17) is 5.26 Å². The Hall–Kier alpha value is -1.12. The molecule has 0 spiro atoms. The maximum absolute atomic E-state index is 8.72. The molecule has 1 aliphatic carbocycles. The first-order valence-corrected chi connectivity index (χ1v) is 7.95. The fraction of sp³-hybridized carbons (Fsp3) is 0.462. The molecule has 18 heavy (non-hydrogen) atoms. The summed E-state index contributed by atoms with van der Waals surface area (Å²) < 4.78 is 0. The Labute approximate surface area is 114 Å². The molecule has 0 bridgehead atoms. The number of rotatable bonds is 2. The fourth-order valence-electron chi connectivity index (χ4n) is 2.45. The van der Waals surface area contributed by atoms with E-state index in [2.05, 4.69) is 16.0 Å². The number of nitriles is 1. The first kappa shape index (κ1) is 11.9. The van der Waals surface area contributed by atoms with Crippen molar-refractivity contribution in [3.63, 3.8) is 0 Å². The van der Waals surface area contributed by atoms with Crippen LogP contribution in [0.25, 0.3) is 10.2 Å². The Kier molecular flexibility index (Phi) is 3.48. The molecule has 0 N–H and O–H groups in total. The van der Waals surface area contributed by atoms with E-state index >= 15 is 0 Å². The van der Waals surface area contributed by atoms with Crippen molar-refractivity contribution in [1.82, 2.24) is 9.97 Å². The zero-order chi connectivity index (χ0) is 12.4. The summed E-state index contributed by atoms with van der Waals surface area (Å²) in [4.78, 5) is 11.3. The van der Waals surface area contributed by atoms with Crippen molar-refractivity contribution in [1.29, 1.82) is 5.26 Å². The van der Waals surface area contributed by atoms with Gasteiger partial charge in [-0.15, -0.1) is 11.3 Å². The molecule has 2 heterocycles. The zero-order valence-electron chi connectivity index (χ0n) is 9.98. The third-order valence-corrected chi connectivity index (χ3v) is 5.30. The average molecular weight is 275 g/mol. The van der Waals surface area contributed by atoms with Gasteiger partial charge in [0.15, 0.2) is 0 Å². The van der Waals surface area contributed by atoms with Crippen molar-refractivity contribution in [2.45, 2.75) is 37.1 Å². The fourth-order valence-corrected chi connectivity index (χ4v) is 4.43. The van der Waals surface area contributed by atoms with Gasteiger partial charge in [-0.2, -0.15) is 5.26 Å². The molecule has 0 fully saturated rings. The normalized spacial score (nSPS) is 15.1. The van der Waals surface area contributed by atoms with Crippen LogP contribution < -0.4 is 0 Å². The van der Waals surface area contributed by atoms with E-state index in [9.17, 15) is 0 Å². The van der Waals surface area contributed by atoms with Crippen LogP contribution in [0.2, 0.25) is 0 Å². The van der Waals surface area contributed by atoms with Crippen molar-refractivity contribution in [2.75, 3.05) is 5.75 Å². The van der Waals surface area contributed by atoms with Gasteiger partial charge in [0.1, 0.15) is 16.2 Å². The number of fused-ring (bicyclic) bond motifs is 3. The van der Waals surface area contributed by atoms with Gasteiger partial charge >= 0.3 is 0 Å². The lowest BCUT2D eigenvalue weighted by Crippen LogP contribution is -1.90. The van der Waals surface area contributed by atoms with Gasteiger partial charge in [0, 0.05) is 10.3 Å². The van der Waals surface area contributed by atoms with Crippen LogP contribution in [0.3, 0.4) is 0 Å². The summed E-state index contributed by atoms with van der Waals surface area (Å²) in [6, 6.07) is 2.17. The molecule has 2 aromatic rings. The number of nitrogens with zero attached hydrogens (tertiary/aromatic N) is 3. The van der Waals surface area contributed by atoms with Crippen molar-refractivity contribution in [3.05, 3.63) is 16.8 Å².